The van der Waals surface area contributed by atoms with Crippen molar-refractivity contribution in [2.24, 2.45) is 11.8 Å². The van der Waals surface area contributed by atoms with Crippen molar-refractivity contribution in [2.75, 3.05) is 13.1 Å². The predicted molar refractivity (Wildman–Crippen MR) is 184 cm³/mol. The van der Waals surface area contributed by atoms with Gasteiger partial charge >= 0.3 is 5.97 Å². The minimum Gasteiger partial charge on any atom is -0.481 e. The van der Waals surface area contributed by atoms with Crippen LogP contribution < -0.4 is 0 Å². The van der Waals surface area contributed by atoms with Gasteiger partial charge in [-0.25, -0.2) is 9.97 Å². The fraction of sp³-hybridized carbons (Fsp3) is 0.342. The number of aliphatic carboxylic acids is 1. The van der Waals surface area contributed by atoms with Crippen LogP contribution in [0.15, 0.2) is 73.1 Å². The van der Waals surface area contributed by atoms with Crippen LogP contribution in [0.5, 0.6) is 0 Å². The van der Waals surface area contributed by atoms with Crippen molar-refractivity contribution >= 4 is 41.1 Å². The Hall–Kier alpha value is -4.43. The lowest BCUT2D eigenvalue weighted by molar-refractivity contribution is -0.141. The topological polar surface area (TPSA) is 100 Å². The molecule has 4 aromatic rings. The van der Waals surface area contributed by atoms with Crippen LogP contribution in [0, 0.1) is 11.8 Å². The second kappa shape index (κ2) is 14.3. The Morgan fingerprint density at radius 2 is 1.59 bits per heavy atom. The molecule has 7 nitrogen and oxygen atoms in total. The van der Waals surface area contributed by atoms with E-state index in [2.05, 4.69) is 61.9 Å². The lowest BCUT2D eigenvalue weighted by Crippen LogP contribution is -2.37. The Morgan fingerprint density at radius 1 is 0.935 bits per heavy atom. The van der Waals surface area contributed by atoms with E-state index in [0.29, 0.717) is 30.1 Å². The average molecular weight is 636 g/mol. The molecule has 0 aliphatic carbocycles. The molecule has 0 radical (unpaired) electrons. The summed E-state index contributed by atoms with van der Waals surface area (Å²) in [5.74, 6) is -1.68. The van der Waals surface area contributed by atoms with Crippen LogP contribution in [0.4, 0.5) is 0 Å². The van der Waals surface area contributed by atoms with E-state index in [1.165, 1.54) is 16.9 Å². The van der Waals surface area contributed by atoms with Crippen molar-refractivity contribution in [3.63, 3.8) is 0 Å². The van der Waals surface area contributed by atoms with Gasteiger partial charge in [-0.2, -0.15) is 0 Å². The van der Waals surface area contributed by atoms with Crippen molar-refractivity contribution < 1.29 is 19.5 Å². The lowest BCUT2D eigenvalue weighted by atomic mass is 9.92. The highest BCUT2D eigenvalue weighted by molar-refractivity contribution is 7.14. The number of nitrogens with zero attached hydrogens (tertiary/aromatic N) is 3. The van der Waals surface area contributed by atoms with E-state index in [1.807, 2.05) is 48.6 Å². The third-order valence-corrected chi connectivity index (χ3v) is 10.0. The van der Waals surface area contributed by atoms with E-state index in [4.69, 9.17) is 0 Å². The molecule has 1 amide bonds. The maximum atomic E-state index is 13.7. The van der Waals surface area contributed by atoms with Crippen LogP contribution in [0.3, 0.4) is 0 Å². The molecule has 0 saturated carbocycles. The summed E-state index contributed by atoms with van der Waals surface area (Å²) in [6, 6.07) is 20.1. The molecule has 1 fully saturated rings. The zero-order chi connectivity index (χ0) is 32.8. The van der Waals surface area contributed by atoms with Gasteiger partial charge in [-0.1, -0.05) is 88.4 Å². The number of carboxylic acids is 1. The van der Waals surface area contributed by atoms with Gasteiger partial charge in [0.15, 0.2) is 11.6 Å². The summed E-state index contributed by atoms with van der Waals surface area (Å²) in [5, 5.41) is 9.47. The number of ketones is 1. The van der Waals surface area contributed by atoms with E-state index in [9.17, 15) is 19.5 Å². The molecule has 46 heavy (non-hydrogen) atoms. The monoisotopic (exact) mass is 635 g/mol. The van der Waals surface area contributed by atoms with Gasteiger partial charge in [-0.3, -0.25) is 14.4 Å². The number of hydrogen-bond donors (Lipinski definition) is 1. The Kier molecular flexibility index (Phi) is 10.3. The highest BCUT2D eigenvalue weighted by Crippen LogP contribution is 2.31. The fourth-order valence-electron chi connectivity index (χ4n) is 5.59. The smallest absolute Gasteiger partial charge is 0.308 e. The Morgan fingerprint density at radius 3 is 2.17 bits per heavy atom. The van der Waals surface area contributed by atoms with Crippen molar-refractivity contribution in [2.45, 2.75) is 58.8 Å². The zero-order valence-corrected chi connectivity index (χ0v) is 27.7. The van der Waals surface area contributed by atoms with Crippen LogP contribution in [-0.2, 0) is 27.8 Å². The maximum absolute atomic E-state index is 13.7. The molecule has 1 aliphatic heterocycles. The largest absolute Gasteiger partial charge is 0.481 e. The van der Waals surface area contributed by atoms with Crippen molar-refractivity contribution in [3.05, 3.63) is 105 Å². The van der Waals surface area contributed by atoms with Crippen molar-refractivity contribution in [3.8, 4) is 11.4 Å². The minimum absolute atomic E-state index is 0.0648. The van der Waals surface area contributed by atoms with Gasteiger partial charge < -0.3 is 10.0 Å². The van der Waals surface area contributed by atoms with E-state index in [-0.39, 0.29) is 30.1 Å². The molecular weight excluding hydrogens is 595 g/mol. The quantitative estimate of drug-likeness (QED) is 0.170. The third-order valence-electron chi connectivity index (χ3n) is 8.47. The number of aromatic nitrogens is 2. The number of rotatable bonds is 11. The van der Waals surface area contributed by atoms with E-state index < -0.39 is 17.8 Å². The van der Waals surface area contributed by atoms with Crippen LogP contribution in [-0.4, -0.2) is 50.7 Å². The molecular formula is C38H41N3O4S. The number of carbonyl (C=O) groups excluding carboxylic acids is 2. The number of carboxylic acid groups (broad SMARTS) is 1. The second-order valence-electron chi connectivity index (χ2n) is 13.0. The molecule has 2 atom stereocenters. The van der Waals surface area contributed by atoms with Gasteiger partial charge in [0, 0.05) is 53.8 Å². The second-order valence-corrected chi connectivity index (χ2v) is 14.1. The molecule has 3 heterocycles. The fourth-order valence-corrected chi connectivity index (χ4v) is 6.60. The van der Waals surface area contributed by atoms with Crippen LogP contribution in [0.1, 0.15) is 77.3 Å². The molecule has 0 spiro atoms. The van der Waals surface area contributed by atoms with Crippen molar-refractivity contribution in [1.29, 1.82) is 0 Å². The third kappa shape index (κ3) is 8.23. The minimum atomic E-state index is -0.889. The van der Waals surface area contributed by atoms with Gasteiger partial charge in [-0.05, 0) is 53.5 Å². The first-order valence-electron chi connectivity index (χ1n) is 15.8. The molecule has 2 aromatic heterocycles. The summed E-state index contributed by atoms with van der Waals surface area (Å²) in [4.78, 5) is 51.2. The molecule has 1 aliphatic rings. The highest BCUT2D eigenvalue weighted by Gasteiger charge is 2.35. The molecule has 0 bridgehead atoms. The number of aryl methyl sites for hydroxylation is 1. The highest BCUT2D eigenvalue weighted by atomic mass is 32.1. The summed E-state index contributed by atoms with van der Waals surface area (Å²) < 4.78 is 0. The van der Waals surface area contributed by atoms with Gasteiger partial charge in [0.1, 0.15) is 0 Å². The predicted octanol–water partition coefficient (Wildman–Crippen LogP) is 7.60. The average Bonchev–Trinajstić information content (AvgIpc) is 3.76. The van der Waals surface area contributed by atoms with Gasteiger partial charge in [0.2, 0.25) is 5.91 Å². The van der Waals surface area contributed by atoms with Crippen LogP contribution >= 0.6 is 11.3 Å². The van der Waals surface area contributed by atoms with Crippen LogP contribution in [0.2, 0.25) is 0 Å². The molecule has 1 saturated heterocycles. The molecule has 8 heteroatoms. The van der Waals surface area contributed by atoms with Crippen molar-refractivity contribution in [1.82, 2.24) is 14.9 Å². The molecule has 1 N–H and O–H groups in total. The van der Waals surface area contributed by atoms with Gasteiger partial charge in [-0.15, -0.1) is 11.3 Å². The number of thiophene rings is 1. The van der Waals surface area contributed by atoms with Gasteiger partial charge in [0.05, 0.1) is 10.8 Å². The molecule has 0 unspecified atom stereocenters. The Labute approximate surface area is 275 Å². The first kappa shape index (κ1) is 32.9. The first-order chi connectivity index (χ1) is 22.0. The molecule has 238 valence electrons. The Bertz CT molecular complexity index is 1700. The summed E-state index contributed by atoms with van der Waals surface area (Å²) >= 11 is 1.48. The lowest BCUT2D eigenvalue weighted by Gasteiger charge is -2.23. The molecule has 5 rings (SSSR count). The van der Waals surface area contributed by atoms with E-state index in [0.717, 1.165) is 33.6 Å². The number of carbonyl (C=O) groups is 3. The number of hydrogen-bond acceptors (Lipinski definition) is 6. The first-order valence-corrected chi connectivity index (χ1v) is 16.6. The molecule has 2 aromatic carbocycles. The number of likely N-dealkylation sites (tertiary alicyclic amines) is 1. The van der Waals surface area contributed by atoms with E-state index >= 15 is 0 Å². The number of amides is 1. The summed E-state index contributed by atoms with van der Waals surface area (Å²) in [5.41, 5.74) is 5.03. The summed E-state index contributed by atoms with van der Waals surface area (Å²) in [6.07, 6.45) is 9.51. The van der Waals surface area contributed by atoms with Crippen LogP contribution in [0.25, 0.3) is 23.5 Å². The SMILES string of the molecule is CCc1ccc(/C=C/c2cnc(-c3ccc(C[C@H](CC(=O)c4ccc(C(C)(C)C)s4)C(=O)N4CC[C@H](C(=O)O)C4)cc3)nc2)cc1. The zero-order valence-electron chi connectivity index (χ0n) is 26.9. The summed E-state index contributed by atoms with van der Waals surface area (Å²) in [7, 11) is 0. The normalized spacial score (nSPS) is 15.7. The maximum Gasteiger partial charge on any atom is 0.308 e. The van der Waals surface area contributed by atoms with E-state index in [1.54, 1.807) is 17.3 Å². The number of Topliss-reactive ketones (excluding diaryl/α,β-unsaturated/α-hetero) is 1. The van der Waals surface area contributed by atoms with Gasteiger partial charge in [0.25, 0.3) is 0 Å². The Balaban J connectivity index is 1.28. The number of benzene rings is 2. The summed E-state index contributed by atoms with van der Waals surface area (Å²) in [6.45, 7) is 9.04. The standard InChI is InChI=1S/C38H41N3O4S/c1-5-25-6-8-26(9-7-25)10-11-28-22-39-35(40-23-28)29-14-12-27(13-15-29)20-31(36(43)41-19-18-30(24-41)37(44)45)21-32(42)33-16-17-34(46-33)38(2,3)4/h6-17,22-23,30-31H,5,18-21,24H2,1-4H3,(H,44,45)/b11-10+/t30-,31+/m0/s1.